The van der Waals surface area contributed by atoms with Gasteiger partial charge in [0.15, 0.2) is 0 Å². The highest BCUT2D eigenvalue weighted by atomic mass is 16.5. The summed E-state index contributed by atoms with van der Waals surface area (Å²) in [4.78, 5) is 27.7. The van der Waals surface area contributed by atoms with Gasteiger partial charge in [0.05, 0.1) is 24.8 Å². The number of aliphatic hydroxyl groups excluding tert-OH is 1. The summed E-state index contributed by atoms with van der Waals surface area (Å²) in [5.41, 5.74) is 2.21. The van der Waals surface area contributed by atoms with E-state index in [2.05, 4.69) is 13.8 Å². The molecule has 35 heavy (non-hydrogen) atoms. The highest BCUT2D eigenvalue weighted by Gasteiger charge is 2.46. The number of rotatable bonds is 9. The number of aliphatic hydroxyl groups is 1. The minimum Gasteiger partial charge on any atom is -0.507 e. The molecule has 2 aromatic rings. The van der Waals surface area contributed by atoms with Gasteiger partial charge in [0.1, 0.15) is 23.4 Å². The van der Waals surface area contributed by atoms with Gasteiger partial charge >= 0.3 is 0 Å². The zero-order valence-electron chi connectivity index (χ0n) is 20.7. The number of nitrogens with zero attached hydrogens (tertiary/aromatic N) is 1. The molecule has 0 unspecified atom stereocenters. The van der Waals surface area contributed by atoms with E-state index in [1.165, 1.54) is 4.90 Å². The summed E-state index contributed by atoms with van der Waals surface area (Å²) in [5, 5.41) is 11.3. The number of carbonyl (C=O) groups excluding carboxylic acids is 2. The molecule has 7 heteroatoms. The molecule has 2 heterocycles. The minimum atomic E-state index is -0.748. The average molecular weight is 480 g/mol. The molecule has 1 N–H and O–H groups in total. The number of amides is 1. The lowest BCUT2D eigenvalue weighted by molar-refractivity contribution is -0.140. The van der Waals surface area contributed by atoms with Gasteiger partial charge in [0.25, 0.3) is 11.7 Å². The molecule has 0 spiro atoms. The van der Waals surface area contributed by atoms with Gasteiger partial charge in [-0.05, 0) is 60.7 Å². The van der Waals surface area contributed by atoms with Crippen molar-refractivity contribution in [2.24, 2.45) is 5.92 Å². The first-order chi connectivity index (χ1) is 16.8. The molecule has 0 bridgehead atoms. The van der Waals surface area contributed by atoms with Crippen molar-refractivity contribution in [2.45, 2.75) is 45.8 Å². The predicted molar refractivity (Wildman–Crippen MR) is 133 cm³/mol. The van der Waals surface area contributed by atoms with E-state index >= 15 is 0 Å². The van der Waals surface area contributed by atoms with Crippen LogP contribution in [-0.4, -0.2) is 54.7 Å². The third-order valence-corrected chi connectivity index (χ3v) is 6.38. The molecule has 1 saturated heterocycles. The van der Waals surface area contributed by atoms with E-state index in [1.807, 2.05) is 37.3 Å². The summed E-state index contributed by atoms with van der Waals surface area (Å²) in [5.74, 6) is 0.390. The van der Waals surface area contributed by atoms with Crippen LogP contribution in [0.3, 0.4) is 0 Å². The highest BCUT2D eigenvalue weighted by molar-refractivity contribution is 6.46. The Morgan fingerprint density at radius 1 is 1.17 bits per heavy atom. The fourth-order valence-corrected chi connectivity index (χ4v) is 4.56. The largest absolute Gasteiger partial charge is 0.507 e. The first-order valence-electron chi connectivity index (χ1n) is 12.1. The monoisotopic (exact) mass is 479 g/mol. The molecule has 2 aliphatic heterocycles. The topological polar surface area (TPSA) is 85.3 Å². The second kappa shape index (κ2) is 10.5. The van der Waals surface area contributed by atoms with Crippen LogP contribution in [0.25, 0.3) is 5.76 Å². The third kappa shape index (κ3) is 5.20. The third-order valence-electron chi connectivity index (χ3n) is 6.38. The number of ether oxygens (including phenoxy) is 3. The summed E-state index contributed by atoms with van der Waals surface area (Å²) >= 11 is 0. The molecular weight excluding hydrogens is 446 g/mol. The van der Waals surface area contributed by atoms with Gasteiger partial charge in [-0.2, -0.15) is 0 Å². The van der Waals surface area contributed by atoms with Crippen LogP contribution in [0.4, 0.5) is 0 Å². The minimum absolute atomic E-state index is 0.0560. The average Bonchev–Trinajstić information content (AvgIpc) is 3.32. The lowest BCUT2D eigenvalue weighted by Crippen LogP contribution is -2.32. The van der Waals surface area contributed by atoms with Gasteiger partial charge < -0.3 is 24.2 Å². The van der Waals surface area contributed by atoms with Gasteiger partial charge in [-0.15, -0.1) is 0 Å². The second-order valence-electron chi connectivity index (χ2n) is 9.54. The summed E-state index contributed by atoms with van der Waals surface area (Å²) in [6, 6.07) is 12.0. The number of benzene rings is 2. The first kappa shape index (κ1) is 24.8. The van der Waals surface area contributed by atoms with Gasteiger partial charge in [0.2, 0.25) is 0 Å². The van der Waals surface area contributed by atoms with Crippen molar-refractivity contribution in [3.63, 3.8) is 0 Å². The van der Waals surface area contributed by atoms with Gasteiger partial charge in [-0.1, -0.05) is 26.0 Å². The van der Waals surface area contributed by atoms with Crippen molar-refractivity contribution in [1.29, 1.82) is 0 Å². The Hall–Kier alpha value is -3.32. The summed E-state index contributed by atoms with van der Waals surface area (Å²) < 4.78 is 16.9. The zero-order valence-corrected chi connectivity index (χ0v) is 20.7. The van der Waals surface area contributed by atoms with Crippen LogP contribution in [0, 0.1) is 5.92 Å². The number of fused-ring (bicyclic) bond motifs is 1. The van der Waals surface area contributed by atoms with Crippen LogP contribution in [0.2, 0.25) is 0 Å². The Labute approximate surface area is 206 Å². The number of carbonyl (C=O) groups is 2. The second-order valence-corrected chi connectivity index (χ2v) is 9.54. The molecule has 2 aliphatic rings. The standard InChI is InChI=1S/C28H33NO6/c1-17(2)10-12-34-22-7-5-6-19(16-22)25-24(27(31)28(32)29(25)11-13-33-4)26(30)20-8-9-23-21(15-20)14-18(3)35-23/h5-9,15-18,25,30H,10-14H2,1-4H3/b26-24+/t18-,25-/m0/s1. The molecule has 1 fully saturated rings. The van der Waals surface area contributed by atoms with Crippen molar-refractivity contribution in [3.8, 4) is 11.5 Å². The molecule has 1 amide bonds. The quantitative estimate of drug-likeness (QED) is 0.324. The molecule has 0 aromatic heterocycles. The van der Waals surface area contributed by atoms with Crippen molar-refractivity contribution in [1.82, 2.24) is 4.90 Å². The highest BCUT2D eigenvalue weighted by Crippen LogP contribution is 2.41. The maximum absolute atomic E-state index is 13.2. The van der Waals surface area contributed by atoms with Gasteiger partial charge in [-0.3, -0.25) is 9.59 Å². The fourth-order valence-electron chi connectivity index (χ4n) is 4.56. The van der Waals surface area contributed by atoms with Crippen molar-refractivity contribution in [3.05, 3.63) is 64.7 Å². The Bertz CT molecular complexity index is 1140. The number of likely N-dealkylation sites (tertiary alicyclic amines) is 1. The van der Waals surface area contributed by atoms with E-state index in [4.69, 9.17) is 14.2 Å². The first-order valence-corrected chi connectivity index (χ1v) is 12.1. The molecular formula is C28H33NO6. The van der Waals surface area contributed by atoms with Crippen LogP contribution < -0.4 is 9.47 Å². The number of methoxy groups -OCH3 is 1. The maximum Gasteiger partial charge on any atom is 0.295 e. The number of hydrogen-bond acceptors (Lipinski definition) is 6. The Kier molecular flexibility index (Phi) is 7.45. The maximum atomic E-state index is 13.2. The number of Topliss-reactive ketones (excluding diaryl/α,β-unsaturated/α-hetero) is 1. The van der Waals surface area contributed by atoms with Crippen molar-refractivity contribution in [2.75, 3.05) is 26.9 Å². The van der Waals surface area contributed by atoms with Crippen LogP contribution in [0.15, 0.2) is 48.0 Å². The summed E-state index contributed by atoms with van der Waals surface area (Å²) in [7, 11) is 1.54. The van der Waals surface area contributed by atoms with Crippen LogP contribution in [0.1, 0.15) is 49.9 Å². The van der Waals surface area contributed by atoms with Crippen LogP contribution >= 0.6 is 0 Å². The molecule has 2 aromatic carbocycles. The van der Waals surface area contributed by atoms with E-state index in [0.29, 0.717) is 29.4 Å². The molecule has 4 rings (SSSR count). The van der Waals surface area contributed by atoms with Crippen LogP contribution in [0.5, 0.6) is 11.5 Å². The van der Waals surface area contributed by atoms with Crippen LogP contribution in [-0.2, 0) is 20.7 Å². The van der Waals surface area contributed by atoms with Crippen molar-refractivity contribution >= 4 is 17.4 Å². The Morgan fingerprint density at radius 3 is 2.71 bits per heavy atom. The molecule has 0 radical (unpaired) electrons. The van der Waals surface area contributed by atoms with E-state index in [-0.39, 0.29) is 30.6 Å². The Morgan fingerprint density at radius 2 is 1.97 bits per heavy atom. The molecule has 0 saturated carbocycles. The molecule has 7 nitrogen and oxygen atoms in total. The van der Waals surface area contributed by atoms with Gasteiger partial charge in [-0.25, -0.2) is 0 Å². The molecule has 2 atom stereocenters. The molecule has 0 aliphatic carbocycles. The van der Waals surface area contributed by atoms with E-state index < -0.39 is 17.7 Å². The zero-order chi connectivity index (χ0) is 25.1. The SMILES string of the molecule is COCCN1C(=O)C(=O)/C(=C(/O)c2ccc3c(c2)C[C@H](C)O3)[C@@H]1c1cccc(OCCC(C)C)c1. The lowest BCUT2D eigenvalue weighted by atomic mass is 9.94. The summed E-state index contributed by atoms with van der Waals surface area (Å²) in [6.45, 7) is 7.31. The molecule has 186 valence electrons. The fraction of sp³-hybridized carbons (Fsp3) is 0.429. The predicted octanol–water partition coefficient (Wildman–Crippen LogP) is 4.50. The Balaban J connectivity index is 1.75. The smallest absolute Gasteiger partial charge is 0.295 e. The number of hydrogen-bond donors (Lipinski definition) is 1. The van der Waals surface area contributed by atoms with E-state index in [9.17, 15) is 14.7 Å². The van der Waals surface area contributed by atoms with E-state index in [0.717, 1.165) is 24.2 Å². The van der Waals surface area contributed by atoms with Crippen molar-refractivity contribution < 1.29 is 28.9 Å². The van der Waals surface area contributed by atoms with E-state index in [1.54, 1.807) is 19.2 Å². The lowest BCUT2D eigenvalue weighted by Gasteiger charge is -2.25. The normalized spacial score (nSPS) is 20.9. The number of ketones is 1. The van der Waals surface area contributed by atoms with Gasteiger partial charge in [0, 0.05) is 25.6 Å². The summed E-state index contributed by atoms with van der Waals surface area (Å²) in [6.07, 6.45) is 1.69.